The third kappa shape index (κ3) is 2.18. The number of pyridine rings is 1. The molecule has 20 heavy (non-hydrogen) atoms. The molecule has 0 aromatic carbocycles. The quantitative estimate of drug-likeness (QED) is 0.914. The SMILES string of the molecule is Cc1cccc(CC(O)C2C3CC4CC(C3)CC2C4)n1. The van der Waals surface area contributed by atoms with E-state index in [1.807, 2.05) is 13.0 Å². The van der Waals surface area contributed by atoms with Crippen molar-refractivity contribution in [3.8, 4) is 0 Å². The van der Waals surface area contributed by atoms with E-state index in [9.17, 15) is 5.11 Å². The topological polar surface area (TPSA) is 33.1 Å². The minimum absolute atomic E-state index is 0.181. The molecule has 1 heterocycles. The van der Waals surface area contributed by atoms with Gasteiger partial charge in [-0.1, -0.05) is 6.07 Å². The molecule has 4 aliphatic carbocycles. The number of aliphatic hydroxyl groups is 1. The minimum atomic E-state index is -0.181. The van der Waals surface area contributed by atoms with Crippen LogP contribution in [-0.2, 0) is 6.42 Å². The molecule has 1 aromatic rings. The summed E-state index contributed by atoms with van der Waals surface area (Å²) in [6, 6.07) is 6.15. The van der Waals surface area contributed by atoms with Gasteiger partial charge in [0.05, 0.1) is 6.10 Å². The Hall–Kier alpha value is -0.890. The van der Waals surface area contributed by atoms with Gasteiger partial charge in [-0.25, -0.2) is 0 Å². The second kappa shape index (κ2) is 4.84. The first-order chi connectivity index (χ1) is 9.69. The monoisotopic (exact) mass is 271 g/mol. The van der Waals surface area contributed by atoms with Crippen molar-refractivity contribution in [1.29, 1.82) is 0 Å². The summed E-state index contributed by atoms with van der Waals surface area (Å²) in [4.78, 5) is 4.57. The average molecular weight is 271 g/mol. The maximum atomic E-state index is 10.8. The second-order valence-electron chi connectivity index (χ2n) is 7.55. The largest absolute Gasteiger partial charge is 0.392 e. The maximum Gasteiger partial charge on any atom is 0.0629 e. The Labute approximate surface area is 121 Å². The van der Waals surface area contributed by atoms with E-state index in [2.05, 4.69) is 17.1 Å². The Kier molecular flexibility index (Phi) is 3.10. The molecular weight excluding hydrogens is 246 g/mol. The van der Waals surface area contributed by atoms with Gasteiger partial charge in [0.2, 0.25) is 0 Å². The van der Waals surface area contributed by atoms with E-state index in [-0.39, 0.29) is 6.10 Å². The molecule has 0 saturated heterocycles. The maximum absolute atomic E-state index is 10.8. The molecule has 1 atom stereocenters. The van der Waals surface area contributed by atoms with Gasteiger partial charge in [-0.3, -0.25) is 4.98 Å². The summed E-state index contributed by atoms with van der Waals surface area (Å²) < 4.78 is 0. The molecular formula is C18H25NO. The van der Waals surface area contributed by atoms with Crippen molar-refractivity contribution in [3.05, 3.63) is 29.6 Å². The molecule has 4 fully saturated rings. The fraction of sp³-hybridized carbons (Fsp3) is 0.722. The van der Waals surface area contributed by atoms with Crippen LogP contribution in [-0.4, -0.2) is 16.2 Å². The fourth-order valence-corrected chi connectivity index (χ4v) is 5.66. The van der Waals surface area contributed by atoms with Crippen LogP contribution in [0.5, 0.6) is 0 Å². The van der Waals surface area contributed by atoms with Crippen LogP contribution in [0.25, 0.3) is 0 Å². The summed E-state index contributed by atoms with van der Waals surface area (Å²) in [7, 11) is 0. The standard InChI is InChI=1S/C18H25NO/c1-11-3-2-4-16(19-11)10-17(20)18-14-6-12-5-13(8-14)9-15(18)7-12/h2-4,12-15,17-18,20H,5-10H2,1H3. The van der Waals surface area contributed by atoms with Gasteiger partial charge >= 0.3 is 0 Å². The van der Waals surface area contributed by atoms with Crippen LogP contribution in [0.2, 0.25) is 0 Å². The van der Waals surface area contributed by atoms with Crippen molar-refractivity contribution in [2.45, 2.75) is 51.6 Å². The van der Waals surface area contributed by atoms with Crippen LogP contribution in [0.1, 0.15) is 43.5 Å². The molecule has 4 bridgehead atoms. The van der Waals surface area contributed by atoms with Gasteiger partial charge in [0.25, 0.3) is 0 Å². The summed E-state index contributed by atoms with van der Waals surface area (Å²) in [5.74, 6) is 4.11. The van der Waals surface area contributed by atoms with Crippen molar-refractivity contribution in [1.82, 2.24) is 4.98 Å². The van der Waals surface area contributed by atoms with Gasteiger partial charge in [-0.15, -0.1) is 0 Å². The molecule has 1 N–H and O–H groups in total. The number of aromatic nitrogens is 1. The highest BCUT2D eigenvalue weighted by molar-refractivity contribution is 5.12. The molecule has 0 aliphatic heterocycles. The molecule has 4 saturated carbocycles. The number of rotatable bonds is 3. The lowest BCUT2D eigenvalue weighted by atomic mass is 9.50. The second-order valence-corrected chi connectivity index (χ2v) is 7.55. The number of nitrogens with zero attached hydrogens (tertiary/aromatic N) is 1. The smallest absolute Gasteiger partial charge is 0.0629 e. The summed E-state index contributed by atoms with van der Waals surface area (Å²) in [5, 5.41) is 10.8. The summed E-state index contributed by atoms with van der Waals surface area (Å²) in [6.45, 7) is 2.03. The molecule has 0 spiro atoms. The Morgan fingerprint density at radius 2 is 1.75 bits per heavy atom. The molecule has 0 amide bonds. The Balaban J connectivity index is 1.50. The Bertz CT molecular complexity index is 470. The van der Waals surface area contributed by atoms with Gasteiger partial charge in [0.15, 0.2) is 0 Å². The van der Waals surface area contributed by atoms with E-state index in [0.717, 1.165) is 41.5 Å². The van der Waals surface area contributed by atoms with Crippen LogP contribution >= 0.6 is 0 Å². The lowest BCUT2D eigenvalue weighted by Crippen LogP contribution is -2.49. The summed E-state index contributed by atoms with van der Waals surface area (Å²) >= 11 is 0. The number of aliphatic hydroxyl groups excluding tert-OH is 1. The molecule has 108 valence electrons. The fourth-order valence-electron chi connectivity index (χ4n) is 5.66. The molecule has 0 radical (unpaired) electrons. The van der Waals surface area contributed by atoms with E-state index in [1.165, 1.54) is 32.1 Å². The first kappa shape index (κ1) is 12.8. The first-order valence-electron chi connectivity index (χ1n) is 8.29. The molecule has 5 rings (SSSR count). The molecule has 2 heteroatoms. The van der Waals surface area contributed by atoms with Crippen molar-refractivity contribution in [2.24, 2.45) is 29.6 Å². The lowest BCUT2D eigenvalue weighted by Gasteiger charge is -2.55. The van der Waals surface area contributed by atoms with E-state index < -0.39 is 0 Å². The summed E-state index contributed by atoms with van der Waals surface area (Å²) in [6.07, 6.45) is 7.58. The summed E-state index contributed by atoms with van der Waals surface area (Å²) in [5.41, 5.74) is 2.12. The van der Waals surface area contributed by atoms with E-state index in [4.69, 9.17) is 0 Å². The lowest BCUT2D eigenvalue weighted by molar-refractivity contribution is -0.0889. The third-order valence-electron chi connectivity index (χ3n) is 6.11. The normalized spacial score (nSPS) is 40.0. The van der Waals surface area contributed by atoms with Crippen LogP contribution in [0.3, 0.4) is 0 Å². The van der Waals surface area contributed by atoms with Crippen molar-refractivity contribution < 1.29 is 5.11 Å². The number of hydrogen-bond acceptors (Lipinski definition) is 2. The Morgan fingerprint density at radius 3 is 2.35 bits per heavy atom. The molecule has 1 aromatic heterocycles. The molecule has 4 aliphatic rings. The van der Waals surface area contributed by atoms with E-state index in [0.29, 0.717) is 5.92 Å². The zero-order chi connectivity index (χ0) is 13.7. The van der Waals surface area contributed by atoms with Gasteiger partial charge < -0.3 is 5.11 Å². The predicted molar refractivity (Wildman–Crippen MR) is 79.2 cm³/mol. The van der Waals surface area contributed by atoms with Gasteiger partial charge in [-0.05, 0) is 80.8 Å². The highest BCUT2D eigenvalue weighted by atomic mass is 16.3. The highest BCUT2D eigenvalue weighted by Crippen LogP contribution is 2.57. The predicted octanol–water partition coefficient (Wildman–Crippen LogP) is 3.37. The van der Waals surface area contributed by atoms with Crippen LogP contribution in [0.15, 0.2) is 18.2 Å². The van der Waals surface area contributed by atoms with Gasteiger partial charge in [0, 0.05) is 17.8 Å². The number of hydrogen-bond donors (Lipinski definition) is 1. The van der Waals surface area contributed by atoms with Crippen LogP contribution < -0.4 is 0 Å². The Morgan fingerprint density at radius 1 is 1.10 bits per heavy atom. The van der Waals surface area contributed by atoms with E-state index >= 15 is 0 Å². The van der Waals surface area contributed by atoms with Gasteiger partial charge in [0.1, 0.15) is 0 Å². The van der Waals surface area contributed by atoms with Crippen molar-refractivity contribution in [3.63, 3.8) is 0 Å². The van der Waals surface area contributed by atoms with Crippen molar-refractivity contribution >= 4 is 0 Å². The van der Waals surface area contributed by atoms with Gasteiger partial charge in [-0.2, -0.15) is 0 Å². The number of aryl methyl sites for hydroxylation is 1. The minimum Gasteiger partial charge on any atom is -0.392 e. The molecule has 2 nitrogen and oxygen atoms in total. The van der Waals surface area contributed by atoms with E-state index in [1.54, 1.807) is 0 Å². The zero-order valence-electron chi connectivity index (χ0n) is 12.3. The van der Waals surface area contributed by atoms with Crippen molar-refractivity contribution in [2.75, 3.05) is 0 Å². The van der Waals surface area contributed by atoms with Crippen LogP contribution in [0.4, 0.5) is 0 Å². The third-order valence-corrected chi connectivity index (χ3v) is 6.11. The van der Waals surface area contributed by atoms with Crippen LogP contribution in [0, 0.1) is 36.5 Å². The first-order valence-corrected chi connectivity index (χ1v) is 8.29. The molecule has 1 unspecified atom stereocenters. The highest BCUT2D eigenvalue weighted by Gasteiger charge is 2.50. The zero-order valence-corrected chi connectivity index (χ0v) is 12.3. The average Bonchev–Trinajstić information content (AvgIpc) is 2.37.